The zero-order chi connectivity index (χ0) is 27.8. The number of rotatable bonds is 4. The molecule has 0 bridgehead atoms. The molecular formula is C30H25F2N5O3. The van der Waals surface area contributed by atoms with Gasteiger partial charge in [0.25, 0.3) is 11.8 Å². The number of aryl methyl sites for hydroxylation is 1. The summed E-state index contributed by atoms with van der Waals surface area (Å²) >= 11 is 0. The summed E-state index contributed by atoms with van der Waals surface area (Å²) in [6, 6.07) is 19.6. The summed E-state index contributed by atoms with van der Waals surface area (Å²) in [5.41, 5.74) is 2.41. The van der Waals surface area contributed by atoms with Crippen LogP contribution < -0.4 is 15.4 Å². The lowest BCUT2D eigenvalue weighted by molar-refractivity contribution is -0.117. The van der Waals surface area contributed by atoms with E-state index in [1.165, 1.54) is 10.7 Å². The number of benzene rings is 3. The van der Waals surface area contributed by atoms with Crippen molar-refractivity contribution in [2.75, 3.05) is 5.32 Å². The van der Waals surface area contributed by atoms with E-state index in [1.54, 1.807) is 12.1 Å². The number of carbonyl (C=O) groups excluding carboxylic acids is 2. The number of para-hydroxylation sites is 1. The summed E-state index contributed by atoms with van der Waals surface area (Å²) in [5.74, 6) is -2.74. The van der Waals surface area contributed by atoms with Gasteiger partial charge in [-0.05, 0) is 38.0 Å². The van der Waals surface area contributed by atoms with Gasteiger partial charge in [-0.25, -0.2) is 18.5 Å². The molecule has 6 rings (SSSR count). The number of halogens is 2. The van der Waals surface area contributed by atoms with Crippen LogP contribution in [0.25, 0.3) is 11.3 Å². The molecule has 2 atom stereocenters. The number of benzodiazepines with no additional fused rings is 1. The monoisotopic (exact) mass is 541 g/mol. The largest absolute Gasteiger partial charge is 0.474 e. The van der Waals surface area contributed by atoms with Crippen LogP contribution in [0, 0.1) is 11.6 Å². The number of anilines is 1. The predicted octanol–water partition coefficient (Wildman–Crippen LogP) is 4.94. The molecule has 3 aromatic carbocycles. The molecule has 0 fully saturated rings. The third-order valence-electron chi connectivity index (χ3n) is 6.87. The van der Waals surface area contributed by atoms with E-state index in [0.29, 0.717) is 23.5 Å². The number of hydrogen-bond acceptors (Lipinski definition) is 5. The minimum absolute atomic E-state index is 0.0105. The average molecular weight is 542 g/mol. The Balaban J connectivity index is 1.44. The third-order valence-corrected chi connectivity index (χ3v) is 6.87. The van der Waals surface area contributed by atoms with Crippen molar-refractivity contribution in [1.82, 2.24) is 15.1 Å². The maximum absolute atomic E-state index is 14.9. The van der Waals surface area contributed by atoms with Crippen LogP contribution in [-0.2, 0) is 11.3 Å². The van der Waals surface area contributed by atoms with E-state index in [0.717, 1.165) is 30.5 Å². The Morgan fingerprint density at radius 2 is 1.82 bits per heavy atom. The molecule has 0 saturated carbocycles. The van der Waals surface area contributed by atoms with Gasteiger partial charge in [0.15, 0.2) is 0 Å². The van der Waals surface area contributed by atoms with Gasteiger partial charge in [0.1, 0.15) is 22.9 Å². The van der Waals surface area contributed by atoms with Gasteiger partial charge in [-0.2, -0.15) is 5.10 Å². The van der Waals surface area contributed by atoms with Gasteiger partial charge in [0, 0.05) is 29.3 Å². The van der Waals surface area contributed by atoms with Gasteiger partial charge >= 0.3 is 0 Å². The first-order valence-electron chi connectivity index (χ1n) is 13.0. The number of hydrogen-bond donors (Lipinski definition) is 2. The van der Waals surface area contributed by atoms with Crippen LogP contribution in [0.15, 0.2) is 77.8 Å². The van der Waals surface area contributed by atoms with Crippen molar-refractivity contribution in [3.63, 3.8) is 0 Å². The molecule has 2 aliphatic heterocycles. The van der Waals surface area contributed by atoms with Crippen molar-refractivity contribution in [1.29, 1.82) is 0 Å². The predicted molar refractivity (Wildman–Crippen MR) is 145 cm³/mol. The molecule has 202 valence electrons. The molecule has 0 aliphatic carbocycles. The van der Waals surface area contributed by atoms with E-state index in [1.807, 2.05) is 49.4 Å². The third kappa shape index (κ3) is 4.72. The van der Waals surface area contributed by atoms with Gasteiger partial charge in [0.2, 0.25) is 12.0 Å². The Kier molecular flexibility index (Phi) is 6.59. The van der Waals surface area contributed by atoms with E-state index in [9.17, 15) is 18.4 Å². The molecule has 0 radical (unpaired) electrons. The lowest BCUT2D eigenvalue weighted by Crippen LogP contribution is -2.42. The lowest BCUT2D eigenvalue weighted by atomic mass is 10.0. The van der Waals surface area contributed by atoms with Gasteiger partial charge in [0.05, 0.1) is 17.5 Å². The fraction of sp³-hybridized carbons (Fsp3) is 0.200. The normalized spacial score (nSPS) is 18.3. The quantitative estimate of drug-likeness (QED) is 0.383. The average Bonchev–Trinajstić information content (AvgIpc) is 3.08. The van der Waals surface area contributed by atoms with Crippen LogP contribution in [0.4, 0.5) is 14.5 Å². The maximum Gasteiger partial charge on any atom is 0.269 e. The van der Waals surface area contributed by atoms with Crippen molar-refractivity contribution in [3.05, 3.63) is 101 Å². The fourth-order valence-electron chi connectivity index (χ4n) is 4.95. The molecule has 0 spiro atoms. The topological polar surface area (TPSA) is 97.6 Å². The standard InChI is InChI=1S/C30H25F2N5O3/c1-17-8-7-15-37-30(40-17)24(26(36-37)20-14-13-19(31)16-22(20)32)28(38)35-27-29(39)33-23-12-6-5-11-21(23)25(34-27)18-9-3-2-4-10-18/h2-6,9-14,16-17,27H,7-8,15H2,1H3,(H,33,39)(H,35,38)/t17-,27-/m1/s1. The van der Waals surface area contributed by atoms with Crippen molar-refractivity contribution >= 4 is 23.2 Å². The number of nitrogens with one attached hydrogen (secondary N) is 2. The molecule has 2 amide bonds. The highest BCUT2D eigenvalue weighted by molar-refractivity contribution is 6.20. The number of aliphatic imine (C=N–C) groups is 1. The molecule has 10 heteroatoms. The number of fused-ring (bicyclic) bond motifs is 2. The molecule has 0 unspecified atom stereocenters. The number of nitrogens with zero attached hydrogens (tertiary/aromatic N) is 3. The summed E-state index contributed by atoms with van der Waals surface area (Å²) in [6.45, 7) is 2.31. The van der Waals surface area contributed by atoms with Crippen LogP contribution in [-0.4, -0.2) is 39.6 Å². The fourth-order valence-corrected chi connectivity index (χ4v) is 4.95. The molecule has 3 heterocycles. The minimum atomic E-state index is -1.32. The van der Waals surface area contributed by atoms with Crippen molar-refractivity contribution in [2.45, 2.75) is 38.6 Å². The highest BCUT2D eigenvalue weighted by atomic mass is 19.1. The summed E-state index contributed by atoms with van der Waals surface area (Å²) in [5, 5.41) is 10.0. The summed E-state index contributed by atoms with van der Waals surface area (Å²) in [7, 11) is 0. The second-order valence-corrected chi connectivity index (χ2v) is 9.70. The second-order valence-electron chi connectivity index (χ2n) is 9.70. The van der Waals surface area contributed by atoms with Crippen molar-refractivity contribution < 1.29 is 23.1 Å². The summed E-state index contributed by atoms with van der Waals surface area (Å²) in [4.78, 5) is 31.9. The first kappa shape index (κ1) is 25.4. The minimum Gasteiger partial charge on any atom is -0.474 e. The van der Waals surface area contributed by atoms with E-state index >= 15 is 0 Å². The molecule has 40 heavy (non-hydrogen) atoms. The number of ether oxygens (including phenoxy) is 1. The Morgan fingerprint density at radius 1 is 1.05 bits per heavy atom. The van der Waals surface area contributed by atoms with Crippen LogP contribution >= 0.6 is 0 Å². The Labute approximate surface area is 228 Å². The Morgan fingerprint density at radius 3 is 2.62 bits per heavy atom. The molecule has 1 aromatic heterocycles. The molecule has 2 aliphatic rings. The van der Waals surface area contributed by atoms with Crippen LogP contribution in [0.3, 0.4) is 0 Å². The second kappa shape index (κ2) is 10.4. The van der Waals surface area contributed by atoms with Crippen molar-refractivity contribution in [3.8, 4) is 17.1 Å². The van der Waals surface area contributed by atoms with Crippen molar-refractivity contribution in [2.24, 2.45) is 4.99 Å². The highest BCUT2D eigenvalue weighted by Crippen LogP contribution is 2.35. The number of amides is 2. The summed E-state index contributed by atoms with van der Waals surface area (Å²) < 4.78 is 36.2. The number of carbonyl (C=O) groups is 2. The zero-order valence-corrected chi connectivity index (χ0v) is 21.5. The van der Waals surface area contributed by atoms with E-state index in [2.05, 4.69) is 20.7 Å². The van der Waals surface area contributed by atoms with Crippen LogP contribution in [0.5, 0.6) is 5.88 Å². The lowest BCUT2D eigenvalue weighted by Gasteiger charge is -2.16. The van der Waals surface area contributed by atoms with E-state index < -0.39 is 29.6 Å². The van der Waals surface area contributed by atoms with Gasteiger partial charge < -0.3 is 15.4 Å². The zero-order valence-electron chi connectivity index (χ0n) is 21.5. The molecule has 0 saturated heterocycles. The van der Waals surface area contributed by atoms with Gasteiger partial charge in [-0.15, -0.1) is 0 Å². The first-order chi connectivity index (χ1) is 19.4. The number of aromatic nitrogens is 2. The maximum atomic E-state index is 14.9. The van der Waals surface area contributed by atoms with E-state index in [-0.39, 0.29) is 28.8 Å². The van der Waals surface area contributed by atoms with Gasteiger partial charge in [-0.3, -0.25) is 9.59 Å². The van der Waals surface area contributed by atoms with Crippen LogP contribution in [0.2, 0.25) is 0 Å². The Bertz CT molecular complexity index is 1650. The van der Waals surface area contributed by atoms with Crippen LogP contribution in [0.1, 0.15) is 41.3 Å². The molecular weight excluding hydrogens is 516 g/mol. The van der Waals surface area contributed by atoms with E-state index in [4.69, 9.17) is 4.74 Å². The SMILES string of the molecule is C[C@@H]1CCCn2nc(-c3ccc(F)cc3F)c(C(=O)N[C@H]3N=C(c4ccccc4)c4ccccc4NC3=O)c2O1. The molecule has 2 N–H and O–H groups in total. The molecule has 4 aromatic rings. The molecule has 8 nitrogen and oxygen atoms in total. The van der Waals surface area contributed by atoms with Gasteiger partial charge in [-0.1, -0.05) is 48.5 Å². The smallest absolute Gasteiger partial charge is 0.269 e. The first-order valence-corrected chi connectivity index (χ1v) is 13.0. The highest BCUT2D eigenvalue weighted by Gasteiger charge is 2.34. The Hall–Kier alpha value is -4.86. The summed E-state index contributed by atoms with van der Waals surface area (Å²) in [6.07, 6.45) is -0.0804.